The molecule has 0 amide bonds. The Morgan fingerprint density at radius 3 is 2.41 bits per heavy atom. The Morgan fingerprint density at radius 2 is 1.94 bits per heavy atom. The topological polar surface area (TPSA) is 57.5 Å². The highest BCUT2D eigenvalue weighted by Gasteiger charge is 2.35. The predicted molar refractivity (Wildman–Crippen MR) is 56.8 cm³/mol. The van der Waals surface area contributed by atoms with Gasteiger partial charge in [-0.2, -0.15) is 13.2 Å². The van der Waals surface area contributed by atoms with Crippen LogP contribution in [0.15, 0.2) is 16.6 Å². The molecule has 0 radical (unpaired) electrons. The Balaban J connectivity index is 3.11. The average Bonchev–Trinajstić information content (AvgIpc) is 2.17. The van der Waals surface area contributed by atoms with E-state index in [0.29, 0.717) is 0 Å². The number of carbonyl (C=O) groups is 1. The van der Waals surface area contributed by atoms with Crippen molar-refractivity contribution in [3.63, 3.8) is 0 Å². The molecule has 0 saturated carbocycles. The molecule has 0 atom stereocenters. The van der Waals surface area contributed by atoms with Crippen LogP contribution in [0.2, 0.25) is 0 Å². The lowest BCUT2D eigenvalue weighted by molar-refractivity contribution is -0.139. The smallest absolute Gasteiger partial charge is 0.420 e. The quantitative estimate of drug-likeness (QED) is 0.901. The molecule has 2 N–H and O–H groups in total. The number of carboxylic acid groups (broad SMARTS) is 1. The summed E-state index contributed by atoms with van der Waals surface area (Å²) in [4.78, 5) is 10.3. The third-order valence-electron chi connectivity index (χ3n) is 2.06. The van der Waals surface area contributed by atoms with E-state index in [-0.39, 0.29) is 22.9 Å². The number of alkyl halides is 3. The number of aromatic hydroxyl groups is 1. The molecule has 0 saturated heterocycles. The first-order chi connectivity index (χ1) is 7.71. The molecule has 0 aromatic heterocycles. The average molecular weight is 313 g/mol. The summed E-state index contributed by atoms with van der Waals surface area (Å²) in [6, 6.07) is 2.02. The number of halogens is 4. The number of phenols is 1. The first-order valence-corrected chi connectivity index (χ1v) is 5.31. The van der Waals surface area contributed by atoms with Crippen molar-refractivity contribution < 1.29 is 28.2 Å². The van der Waals surface area contributed by atoms with Gasteiger partial charge in [-0.05, 0) is 40.0 Å². The highest BCUT2D eigenvalue weighted by Crippen LogP contribution is 2.40. The molecule has 0 bridgehead atoms. The van der Waals surface area contributed by atoms with Crippen LogP contribution in [0, 0.1) is 0 Å². The van der Waals surface area contributed by atoms with E-state index < -0.39 is 23.5 Å². The van der Waals surface area contributed by atoms with Crippen molar-refractivity contribution in [1.29, 1.82) is 0 Å². The van der Waals surface area contributed by atoms with Crippen LogP contribution in [0.5, 0.6) is 5.75 Å². The Hall–Kier alpha value is -1.24. The number of benzene rings is 1. The highest BCUT2D eigenvalue weighted by molar-refractivity contribution is 9.10. The van der Waals surface area contributed by atoms with Crippen molar-refractivity contribution >= 4 is 21.9 Å². The van der Waals surface area contributed by atoms with Gasteiger partial charge in [0, 0.05) is 6.42 Å². The number of hydrogen-bond acceptors (Lipinski definition) is 2. The fraction of sp³-hybridized carbons (Fsp3) is 0.300. The van der Waals surface area contributed by atoms with E-state index >= 15 is 0 Å². The largest absolute Gasteiger partial charge is 0.506 e. The molecule has 0 unspecified atom stereocenters. The minimum atomic E-state index is -4.67. The number of phenolic OH excluding ortho intramolecular Hbond substituents is 1. The van der Waals surface area contributed by atoms with E-state index in [4.69, 9.17) is 5.11 Å². The maximum Gasteiger partial charge on any atom is 0.420 e. The maximum atomic E-state index is 12.5. The fourth-order valence-electron chi connectivity index (χ4n) is 1.27. The molecule has 0 heterocycles. The number of carboxylic acids is 1. The van der Waals surface area contributed by atoms with Gasteiger partial charge in [0.1, 0.15) is 5.75 Å². The minimum absolute atomic E-state index is 0.0305. The van der Waals surface area contributed by atoms with Gasteiger partial charge in [-0.3, -0.25) is 4.79 Å². The van der Waals surface area contributed by atoms with Gasteiger partial charge in [0.15, 0.2) is 0 Å². The van der Waals surface area contributed by atoms with Crippen LogP contribution in [-0.2, 0) is 17.4 Å². The van der Waals surface area contributed by atoms with Gasteiger partial charge in [-0.25, -0.2) is 0 Å². The van der Waals surface area contributed by atoms with E-state index in [1.807, 2.05) is 0 Å². The van der Waals surface area contributed by atoms with Crippen molar-refractivity contribution in [2.24, 2.45) is 0 Å². The molecule has 94 valence electrons. The van der Waals surface area contributed by atoms with Crippen molar-refractivity contribution in [3.05, 3.63) is 27.7 Å². The minimum Gasteiger partial charge on any atom is -0.506 e. The molecule has 1 aromatic rings. The second-order valence-electron chi connectivity index (χ2n) is 3.37. The Labute approximate surface area is 103 Å². The van der Waals surface area contributed by atoms with E-state index in [1.165, 1.54) is 6.07 Å². The number of hydrogen-bond donors (Lipinski definition) is 2. The van der Waals surface area contributed by atoms with Gasteiger partial charge in [0.05, 0.1) is 10.0 Å². The summed E-state index contributed by atoms with van der Waals surface area (Å²) in [5.74, 6) is -1.99. The van der Waals surface area contributed by atoms with Gasteiger partial charge in [0.25, 0.3) is 0 Å². The molecular formula is C10H8BrF3O3. The SMILES string of the molecule is O=C(O)CCc1cc(Br)c(O)c(C(F)(F)F)c1. The number of aryl methyl sites for hydroxylation is 1. The van der Waals surface area contributed by atoms with Gasteiger partial charge in [-0.15, -0.1) is 0 Å². The van der Waals surface area contributed by atoms with Crippen molar-refractivity contribution in [3.8, 4) is 5.75 Å². The van der Waals surface area contributed by atoms with Crippen LogP contribution in [-0.4, -0.2) is 16.2 Å². The normalized spacial score (nSPS) is 11.5. The van der Waals surface area contributed by atoms with E-state index in [9.17, 15) is 23.1 Å². The van der Waals surface area contributed by atoms with E-state index in [0.717, 1.165) is 6.07 Å². The molecule has 17 heavy (non-hydrogen) atoms. The zero-order valence-corrected chi connectivity index (χ0v) is 9.97. The molecule has 7 heteroatoms. The van der Waals surface area contributed by atoms with Crippen LogP contribution in [0.4, 0.5) is 13.2 Å². The standard InChI is InChI=1S/C10H8BrF3O3/c11-7-4-5(1-2-8(15)16)3-6(9(7)17)10(12,13)14/h3-4,17H,1-2H2,(H,15,16). The zero-order chi connectivity index (χ0) is 13.2. The number of rotatable bonds is 3. The van der Waals surface area contributed by atoms with Crippen molar-refractivity contribution in [2.45, 2.75) is 19.0 Å². The first-order valence-electron chi connectivity index (χ1n) is 4.52. The van der Waals surface area contributed by atoms with Gasteiger partial charge < -0.3 is 10.2 Å². The Morgan fingerprint density at radius 1 is 1.35 bits per heavy atom. The van der Waals surface area contributed by atoms with Gasteiger partial charge in [-0.1, -0.05) is 0 Å². The van der Waals surface area contributed by atoms with Crippen LogP contribution in [0.25, 0.3) is 0 Å². The third kappa shape index (κ3) is 3.62. The summed E-state index contributed by atoms with van der Waals surface area (Å²) in [7, 11) is 0. The van der Waals surface area contributed by atoms with E-state index in [2.05, 4.69) is 15.9 Å². The fourth-order valence-corrected chi connectivity index (χ4v) is 1.77. The molecule has 1 aromatic carbocycles. The summed E-state index contributed by atoms with van der Waals surface area (Å²) in [5, 5.41) is 17.7. The summed E-state index contributed by atoms with van der Waals surface area (Å²) in [6.45, 7) is 0. The summed E-state index contributed by atoms with van der Waals surface area (Å²) >= 11 is 2.80. The Kier molecular flexibility index (Phi) is 4.03. The van der Waals surface area contributed by atoms with Gasteiger partial charge in [0.2, 0.25) is 0 Å². The monoisotopic (exact) mass is 312 g/mol. The molecular weight excluding hydrogens is 305 g/mol. The van der Waals surface area contributed by atoms with Crippen LogP contribution in [0.3, 0.4) is 0 Å². The molecule has 0 aliphatic rings. The molecule has 0 fully saturated rings. The Bertz CT molecular complexity index is 443. The van der Waals surface area contributed by atoms with Crippen LogP contribution in [0.1, 0.15) is 17.5 Å². The second kappa shape index (κ2) is 4.95. The highest BCUT2D eigenvalue weighted by atomic mass is 79.9. The lowest BCUT2D eigenvalue weighted by atomic mass is 10.1. The van der Waals surface area contributed by atoms with Crippen LogP contribution < -0.4 is 0 Å². The van der Waals surface area contributed by atoms with Crippen LogP contribution >= 0.6 is 15.9 Å². The van der Waals surface area contributed by atoms with Gasteiger partial charge >= 0.3 is 12.1 Å². The van der Waals surface area contributed by atoms with Crippen molar-refractivity contribution in [1.82, 2.24) is 0 Å². The molecule has 0 aliphatic carbocycles. The van der Waals surface area contributed by atoms with E-state index in [1.54, 1.807) is 0 Å². The molecule has 0 aliphatic heterocycles. The summed E-state index contributed by atoms with van der Waals surface area (Å²) < 4.78 is 37.4. The first kappa shape index (κ1) is 13.8. The van der Waals surface area contributed by atoms with Crippen molar-refractivity contribution in [2.75, 3.05) is 0 Å². The maximum absolute atomic E-state index is 12.5. The molecule has 1 rings (SSSR count). The second-order valence-corrected chi connectivity index (χ2v) is 4.22. The summed E-state index contributed by atoms with van der Waals surface area (Å²) in [5.41, 5.74) is -0.975. The lowest BCUT2D eigenvalue weighted by Crippen LogP contribution is -2.07. The lowest BCUT2D eigenvalue weighted by Gasteiger charge is -2.12. The summed E-state index contributed by atoms with van der Waals surface area (Å²) in [6.07, 6.45) is -4.97. The molecule has 3 nitrogen and oxygen atoms in total. The predicted octanol–water partition coefficient (Wildman–Crippen LogP) is 3.19. The molecule has 0 spiro atoms. The third-order valence-corrected chi connectivity index (χ3v) is 2.66. The number of aliphatic carboxylic acids is 1. The zero-order valence-electron chi connectivity index (χ0n) is 8.38.